The van der Waals surface area contributed by atoms with Crippen molar-refractivity contribution in [2.75, 3.05) is 25.0 Å². The van der Waals surface area contributed by atoms with Crippen molar-refractivity contribution in [2.45, 2.75) is 24.7 Å². The number of ether oxygens (including phenoxy) is 2. The zero-order chi connectivity index (χ0) is 22.6. The second kappa shape index (κ2) is 9.40. The number of hydrogen-bond acceptors (Lipinski definition) is 5. The molecule has 1 N–H and O–H groups in total. The van der Waals surface area contributed by atoms with E-state index in [1.165, 1.54) is 16.8 Å². The summed E-state index contributed by atoms with van der Waals surface area (Å²) in [6, 6.07) is 15.1. The molecule has 0 bridgehead atoms. The van der Waals surface area contributed by atoms with Crippen LogP contribution in [-0.4, -0.2) is 38.1 Å². The van der Waals surface area contributed by atoms with Gasteiger partial charge in [0.2, 0.25) is 0 Å². The molecule has 0 aliphatic rings. The number of nitrogens with one attached hydrogen (secondary N) is 1. The molecular formula is C22H27N3O5S. The molecule has 8 nitrogen and oxygen atoms in total. The molecule has 1 aromatic heterocycles. The first-order valence-corrected chi connectivity index (χ1v) is 11.4. The standard InChI is InChI=1S/C22H27N3O5S/c1-16(2)21-20(22(26)25(24(21)3)17-8-6-5-7-9-17)23-31(27,28)19-12-10-18(11-13-19)30-15-14-29-4/h5-13,16,23H,14-15H2,1-4H3. The largest absolute Gasteiger partial charge is 0.491 e. The van der Waals surface area contributed by atoms with E-state index in [1.807, 2.05) is 32.0 Å². The van der Waals surface area contributed by atoms with Crippen molar-refractivity contribution in [1.29, 1.82) is 0 Å². The Balaban J connectivity index is 1.97. The first-order chi connectivity index (χ1) is 14.8. The van der Waals surface area contributed by atoms with Gasteiger partial charge in [-0.1, -0.05) is 32.0 Å². The third kappa shape index (κ3) is 4.83. The van der Waals surface area contributed by atoms with Gasteiger partial charge in [-0.25, -0.2) is 13.1 Å². The smallest absolute Gasteiger partial charge is 0.296 e. The average Bonchev–Trinajstić information content (AvgIpc) is 2.98. The topological polar surface area (TPSA) is 91.6 Å². The Kier molecular flexibility index (Phi) is 6.87. The van der Waals surface area contributed by atoms with Gasteiger partial charge < -0.3 is 9.47 Å². The van der Waals surface area contributed by atoms with Gasteiger partial charge in [0.05, 0.1) is 22.9 Å². The van der Waals surface area contributed by atoms with Crippen LogP contribution in [0.3, 0.4) is 0 Å². The highest BCUT2D eigenvalue weighted by Crippen LogP contribution is 2.26. The summed E-state index contributed by atoms with van der Waals surface area (Å²) in [6.07, 6.45) is 0. The molecule has 0 amide bonds. The van der Waals surface area contributed by atoms with E-state index in [2.05, 4.69) is 4.72 Å². The molecule has 0 aliphatic carbocycles. The second-order valence-corrected chi connectivity index (χ2v) is 8.99. The van der Waals surface area contributed by atoms with Crippen LogP contribution in [0.4, 0.5) is 5.69 Å². The number of sulfonamides is 1. The van der Waals surface area contributed by atoms with Crippen molar-refractivity contribution in [3.8, 4) is 11.4 Å². The fourth-order valence-electron chi connectivity index (χ4n) is 3.39. The summed E-state index contributed by atoms with van der Waals surface area (Å²) < 4.78 is 42.1. The maximum Gasteiger partial charge on any atom is 0.296 e. The molecule has 31 heavy (non-hydrogen) atoms. The number of methoxy groups -OCH3 is 1. The zero-order valence-corrected chi connectivity index (χ0v) is 18.8. The fourth-order valence-corrected chi connectivity index (χ4v) is 4.46. The maximum absolute atomic E-state index is 13.2. The lowest BCUT2D eigenvalue weighted by Crippen LogP contribution is -2.23. The van der Waals surface area contributed by atoms with Gasteiger partial charge in [0.25, 0.3) is 15.6 Å². The van der Waals surface area contributed by atoms with Crippen LogP contribution in [-0.2, 0) is 21.8 Å². The van der Waals surface area contributed by atoms with Crippen LogP contribution in [0.15, 0.2) is 64.3 Å². The summed E-state index contributed by atoms with van der Waals surface area (Å²) >= 11 is 0. The molecule has 0 atom stereocenters. The van der Waals surface area contributed by atoms with E-state index >= 15 is 0 Å². The Hall–Kier alpha value is -3.04. The Morgan fingerprint density at radius 2 is 1.65 bits per heavy atom. The molecular weight excluding hydrogens is 418 g/mol. The molecule has 0 saturated carbocycles. The van der Waals surface area contributed by atoms with Gasteiger partial charge in [0, 0.05) is 14.2 Å². The van der Waals surface area contributed by atoms with Crippen LogP contribution < -0.4 is 15.0 Å². The van der Waals surface area contributed by atoms with Crippen LogP contribution in [0, 0.1) is 0 Å². The number of rotatable bonds is 9. The summed E-state index contributed by atoms with van der Waals surface area (Å²) in [4.78, 5) is 13.2. The molecule has 3 aromatic rings. The van der Waals surface area contributed by atoms with E-state index < -0.39 is 15.6 Å². The predicted molar refractivity (Wildman–Crippen MR) is 120 cm³/mol. The first kappa shape index (κ1) is 22.6. The number of nitrogens with zero attached hydrogens (tertiary/aromatic N) is 2. The third-order valence-corrected chi connectivity index (χ3v) is 6.15. The SMILES string of the molecule is COCCOc1ccc(S(=O)(=O)Nc2c(C(C)C)n(C)n(-c3ccccc3)c2=O)cc1. The lowest BCUT2D eigenvalue weighted by molar-refractivity contribution is 0.146. The Morgan fingerprint density at radius 3 is 2.23 bits per heavy atom. The first-order valence-electron chi connectivity index (χ1n) is 9.88. The molecule has 1 heterocycles. The minimum absolute atomic E-state index is 0.0378. The summed E-state index contributed by atoms with van der Waals surface area (Å²) in [5.41, 5.74) is 0.860. The van der Waals surface area contributed by atoms with Crippen molar-refractivity contribution in [2.24, 2.45) is 7.05 Å². The van der Waals surface area contributed by atoms with Gasteiger partial charge in [0.15, 0.2) is 0 Å². The lowest BCUT2D eigenvalue weighted by Gasteiger charge is -2.13. The van der Waals surface area contributed by atoms with E-state index in [1.54, 1.807) is 43.1 Å². The predicted octanol–water partition coefficient (Wildman–Crippen LogP) is 3.13. The molecule has 0 unspecified atom stereocenters. The Morgan fingerprint density at radius 1 is 1.00 bits per heavy atom. The highest BCUT2D eigenvalue weighted by atomic mass is 32.2. The molecule has 0 radical (unpaired) electrons. The zero-order valence-electron chi connectivity index (χ0n) is 18.0. The van der Waals surface area contributed by atoms with Crippen molar-refractivity contribution in [3.05, 3.63) is 70.6 Å². The van der Waals surface area contributed by atoms with Gasteiger partial charge in [-0.2, -0.15) is 0 Å². The van der Waals surface area contributed by atoms with Gasteiger partial charge >= 0.3 is 0 Å². The summed E-state index contributed by atoms with van der Waals surface area (Å²) in [6.45, 7) is 4.62. The van der Waals surface area contributed by atoms with E-state index in [4.69, 9.17) is 9.47 Å². The minimum Gasteiger partial charge on any atom is -0.491 e. The number of para-hydroxylation sites is 1. The molecule has 2 aromatic carbocycles. The van der Waals surface area contributed by atoms with Crippen LogP contribution in [0.1, 0.15) is 25.5 Å². The number of benzene rings is 2. The molecule has 9 heteroatoms. The summed E-state index contributed by atoms with van der Waals surface area (Å²) in [7, 11) is -0.658. The molecule has 3 rings (SSSR count). The molecule has 0 fully saturated rings. The molecule has 0 aliphatic heterocycles. The van der Waals surface area contributed by atoms with Crippen molar-refractivity contribution < 1.29 is 17.9 Å². The third-order valence-electron chi connectivity index (χ3n) is 4.79. The Labute approximate surface area is 182 Å². The van der Waals surface area contributed by atoms with Gasteiger partial charge in [-0.3, -0.25) is 14.2 Å². The fraction of sp³-hybridized carbons (Fsp3) is 0.318. The maximum atomic E-state index is 13.2. The molecule has 166 valence electrons. The minimum atomic E-state index is -3.98. The average molecular weight is 446 g/mol. The monoisotopic (exact) mass is 445 g/mol. The Bertz CT molecular complexity index is 1180. The van der Waals surface area contributed by atoms with Crippen LogP contribution in [0.5, 0.6) is 5.75 Å². The van der Waals surface area contributed by atoms with Crippen molar-refractivity contribution >= 4 is 15.7 Å². The number of hydrogen-bond donors (Lipinski definition) is 1. The quantitative estimate of drug-likeness (QED) is 0.511. The van der Waals surface area contributed by atoms with Crippen LogP contribution >= 0.6 is 0 Å². The van der Waals surface area contributed by atoms with E-state index in [9.17, 15) is 13.2 Å². The van der Waals surface area contributed by atoms with Gasteiger partial charge in [-0.15, -0.1) is 0 Å². The second-order valence-electron chi connectivity index (χ2n) is 7.31. The van der Waals surface area contributed by atoms with E-state index in [0.29, 0.717) is 30.3 Å². The molecule has 0 spiro atoms. The normalized spacial score (nSPS) is 11.6. The number of aromatic nitrogens is 2. The van der Waals surface area contributed by atoms with E-state index in [0.717, 1.165) is 0 Å². The summed E-state index contributed by atoms with van der Waals surface area (Å²) in [5.74, 6) is 0.446. The van der Waals surface area contributed by atoms with Crippen LogP contribution in [0.25, 0.3) is 5.69 Å². The highest BCUT2D eigenvalue weighted by Gasteiger charge is 2.26. The van der Waals surface area contributed by atoms with Crippen molar-refractivity contribution in [3.63, 3.8) is 0 Å². The van der Waals surface area contributed by atoms with Gasteiger partial charge in [0.1, 0.15) is 18.0 Å². The lowest BCUT2D eigenvalue weighted by atomic mass is 10.1. The highest BCUT2D eigenvalue weighted by molar-refractivity contribution is 7.92. The van der Waals surface area contributed by atoms with E-state index in [-0.39, 0.29) is 16.5 Å². The number of anilines is 1. The summed E-state index contributed by atoms with van der Waals surface area (Å²) in [5, 5.41) is 0. The van der Waals surface area contributed by atoms with Crippen LogP contribution in [0.2, 0.25) is 0 Å². The molecule has 0 saturated heterocycles. The van der Waals surface area contributed by atoms with Gasteiger partial charge in [-0.05, 0) is 42.3 Å². The van der Waals surface area contributed by atoms with Crippen molar-refractivity contribution in [1.82, 2.24) is 9.36 Å².